The fourth-order valence-electron chi connectivity index (χ4n) is 4.98. The molecule has 1 aromatic rings. The first-order valence-corrected chi connectivity index (χ1v) is 14.0. The number of ether oxygens (including phenoxy) is 2. The molecule has 0 bridgehead atoms. The van der Waals surface area contributed by atoms with Crippen molar-refractivity contribution >= 4 is 6.03 Å². The number of amides is 2. The highest BCUT2D eigenvalue weighted by atomic mass is 16.6. The van der Waals surface area contributed by atoms with Gasteiger partial charge >= 0.3 is 6.03 Å². The van der Waals surface area contributed by atoms with E-state index in [-0.39, 0.29) is 6.03 Å². The molecule has 3 N–H and O–H groups in total. The van der Waals surface area contributed by atoms with Crippen molar-refractivity contribution in [3.05, 3.63) is 23.8 Å². The second kappa shape index (κ2) is 15.9. The molecule has 2 aliphatic heterocycles. The number of aliphatic hydroxyl groups excluding tert-OH is 1. The van der Waals surface area contributed by atoms with Crippen LogP contribution in [0.25, 0.3) is 0 Å². The van der Waals surface area contributed by atoms with Crippen LogP contribution in [0.4, 0.5) is 4.79 Å². The van der Waals surface area contributed by atoms with E-state index < -0.39 is 12.1 Å². The standard InChI is InChI=1S/C28H47N3O4/c1-2-3-4-5-6-7-8-9-10-11-16-29-28(33)30-24(22-31-17-12-13-18-31)27(32)23-14-15-25-26(21-23)35-20-19-34-25/h14-15,21,24,27,32H,2-13,16-20,22H2,1H3,(H2,29,30,33)/t24-,27-/m1/s1. The van der Waals surface area contributed by atoms with Crippen molar-refractivity contribution in [2.45, 2.75) is 96.1 Å². The summed E-state index contributed by atoms with van der Waals surface area (Å²) in [6.45, 7) is 6.60. The van der Waals surface area contributed by atoms with Gasteiger partial charge < -0.3 is 30.1 Å². The maximum Gasteiger partial charge on any atom is 0.315 e. The Labute approximate surface area is 211 Å². The van der Waals surface area contributed by atoms with Crippen molar-refractivity contribution in [1.29, 1.82) is 0 Å². The van der Waals surface area contributed by atoms with Crippen LogP contribution in [0.15, 0.2) is 18.2 Å². The highest BCUT2D eigenvalue weighted by Gasteiger charge is 2.27. The van der Waals surface area contributed by atoms with E-state index >= 15 is 0 Å². The molecule has 35 heavy (non-hydrogen) atoms. The summed E-state index contributed by atoms with van der Waals surface area (Å²) >= 11 is 0. The monoisotopic (exact) mass is 489 g/mol. The van der Waals surface area contributed by atoms with Crippen LogP contribution in [-0.2, 0) is 0 Å². The van der Waals surface area contributed by atoms with Crippen molar-refractivity contribution in [2.24, 2.45) is 0 Å². The minimum absolute atomic E-state index is 0.207. The van der Waals surface area contributed by atoms with Crippen molar-refractivity contribution in [1.82, 2.24) is 15.5 Å². The Morgan fingerprint density at radius 1 is 0.943 bits per heavy atom. The number of unbranched alkanes of at least 4 members (excludes halogenated alkanes) is 9. The molecule has 0 spiro atoms. The molecule has 0 unspecified atom stereocenters. The topological polar surface area (TPSA) is 83.1 Å². The number of nitrogens with zero attached hydrogens (tertiary/aromatic N) is 1. The third kappa shape index (κ3) is 9.88. The van der Waals surface area contributed by atoms with Crippen LogP contribution in [0, 0.1) is 0 Å². The molecule has 2 amide bonds. The summed E-state index contributed by atoms with van der Waals surface area (Å²) in [7, 11) is 0. The first-order chi connectivity index (χ1) is 17.2. The van der Waals surface area contributed by atoms with Crippen molar-refractivity contribution < 1.29 is 19.4 Å². The lowest BCUT2D eigenvalue weighted by atomic mass is 10.0. The van der Waals surface area contributed by atoms with E-state index in [0.29, 0.717) is 37.8 Å². The van der Waals surface area contributed by atoms with Crippen molar-refractivity contribution in [3.63, 3.8) is 0 Å². The third-order valence-corrected chi connectivity index (χ3v) is 7.07. The quantitative estimate of drug-likeness (QED) is 0.279. The Bertz CT molecular complexity index is 739. The fourth-order valence-corrected chi connectivity index (χ4v) is 4.98. The SMILES string of the molecule is CCCCCCCCCCCCNC(=O)N[C@H](CN1CCCC1)[C@H](O)c1ccc2c(c1)OCCO2. The Balaban J connectivity index is 1.40. The van der Waals surface area contributed by atoms with Crippen LogP contribution in [0.2, 0.25) is 0 Å². The van der Waals surface area contributed by atoms with Gasteiger partial charge in [0.1, 0.15) is 19.3 Å². The van der Waals surface area contributed by atoms with Gasteiger partial charge in [-0.15, -0.1) is 0 Å². The fraction of sp³-hybridized carbons (Fsp3) is 0.750. The van der Waals surface area contributed by atoms with Crippen LogP contribution in [0.3, 0.4) is 0 Å². The minimum atomic E-state index is -0.825. The van der Waals surface area contributed by atoms with E-state index in [9.17, 15) is 9.90 Å². The molecule has 0 aromatic heterocycles. The van der Waals surface area contributed by atoms with Gasteiger partial charge in [0.05, 0.1) is 6.04 Å². The van der Waals surface area contributed by atoms with Gasteiger partial charge in [-0.25, -0.2) is 4.79 Å². The molecule has 2 aliphatic rings. The highest BCUT2D eigenvalue weighted by molar-refractivity contribution is 5.74. The number of nitrogens with one attached hydrogen (secondary N) is 2. The van der Waals surface area contributed by atoms with Gasteiger partial charge in [0.25, 0.3) is 0 Å². The number of urea groups is 1. The molecule has 2 heterocycles. The molecule has 0 saturated carbocycles. The maximum absolute atomic E-state index is 12.7. The normalized spacial score (nSPS) is 17.2. The van der Waals surface area contributed by atoms with Crippen LogP contribution < -0.4 is 20.1 Å². The summed E-state index contributed by atoms with van der Waals surface area (Å²) in [4.78, 5) is 15.0. The summed E-state index contributed by atoms with van der Waals surface area (Å²) in [5.41, 5.74) is 0.730. The van der Waals surface area contributed by atoms with Crippen LogP contribution in [0.1, 0.15) is 95.6 Å². The van der Waals surface area contributed by atoms with E-state index in [0.717, 1.165) is 44.3 Å². The lowest BCUT2D eigenvalue weighted by Gasteiger charge is -2.29. The molecule has 3 rings (SSSR count). The third-order valence-electron chi connectivity index (χ3n) is 7.07. The smallest absolute Gasteiger partial charge is 0.315 e. The predicted molar refractivity (Wildman–Crippen MR) is 140 cm³/mol. The molecule has 1 fully saturated rings. The number of hydrogen-bond donors (Lipinski definition) is 3. The largest absolute Gasteiger partial charge is 0.486 e. The number of hydrogen-bond acceptors (Lipinski definition) is 5. The summed E-state index contributed by atoms with van der Waals surface area (Å²) in [5, 5.41) is 17.2. The van der Waals surface area contributed by atoms with E-state index in [1.807, 2.05) is 18.2 Å². The molecule has 2 atom stereocenters. The lowest BCUT2D eigenvalue weighted by molar-refractivity contribution is 0.108. The average molecular weight is 490 g/mol. The van der Waals surface area contributed by atoms with Gasteiger partial charge in [-0.3, -0.25) is 0 Å². The Morgan fingerprint density at radius 3 is 2.26 bits per heavy atom. The zero-order valence-electron chi connectivity index (χ0n) is 21.7. The molecule has 198 valence electrons. The van der Waals surface area contributed by atoms with Crippen LogP contribution >= 0.6 is 0 Å². The van der Waals surface area contributed by atoms with Crippen LogP contribution in [-0.4, -0.2) is 61.5 Å². The Hall–Kier alpha value is -1.99. The second-order valence-corrected chi connectivity index (χ2v) is 10.0. The van der Waals surface area contributed by atoms with Gasteiger partial charge in [0.15, 0.2) is 11.5 Å². The first kappa shape index (κ1) is 27.6. The number of rotatable bonds is 16. The van der Waals surface area contributed by atoms with E-state index in [1.165, 1.54) is 51.4 Å². The first-order valence-electron chi connectivity index (χ1n) is 14.0. The summed E-state index contributed by atoms with van der Waals surface area (Å²) in [6.07, 6.45) is 14.2. The second-order valence-electron chi connectivity index (χ2n) is 10.0. The molecule has 0 radical (unpaired) electrons. The number of likely N-dealkylation sites (tertiary alicyclic amines) is 1. The summed E-state index contributed by atoms with van der Waals surface area (Å²) in [5.74, 6) is 1.35. The summed E-state index contributed by atoms with van der Waals surface area (Å²) in [6, 6.07) is 4.92. The molecule has 1 aromatic carbocycles. The van der Waals surface area contributed by atoms with E-state index in [4.69, 9.17) is 9.47 Å². The van der Waals surface area contributed by atoms with Gasteiger partial charge in [-0.05, 0) is 50.0 Å². The Kier molecular flexibility index (Phi) is 12.5. The predicted octanol–water partition coefficient (Wildman–Crippen LogP) is 5.18. The number of benzene rings is 1. The van der Waals surface area contributed by atoms with Gasteiger partial charge in [-0.2, -0.15) is 0 Å². The summed E-state index contributed by atoms with van der Waals surface area (Å²) < 4.78 is 11.3. The number of carbonyl (C=O) groups is 1. The van der Waals surface area contributed by atoms with E-state index in [1.54, 1.807) is 0 Å². The van der Waals surface area contributed by atoms with E-state index in [2.05, 4.69) is 22.5 Å². The van der Waals surface area contributed by atoms with Crippen molar-refractivity contribution in [2.75, 3.05) is 39.4 Å². The number of carbonyl (C=O) groups excluding carboxylic acids is 1. The molecular weight excluding hydrogens is 442 g/mol. The average Bonchev–Trinajstić information content (AvgIpc) is 3.39. The lowest BCUT2D eigenvalue weighted by Crippen LogP contribution is -2.50. The van der Waals surface area contributed by atoms with Crippen LogP contribution in [0.5, 0.6) is 11.5 Å². The number of aliphatic hydroxyl groups is 1. The molecule has 7 nitrogen and oxygen atoms in total. The Morgan fingerprint density at radius 2 is 1.57 bits per heavy atom. The molecule has 1 saturated heterocycles. The maximum atomic E-state index is 12.7. The zero-order valence-corrected chi connectivity index (χ0v) is 21.7. The van der Waals surface area contributed by atoms with Gasteiger partial charge in [0.2, 0.25) is 0 Å². The molecule has 0 aliphatic carbocycles. The van der Waals surface area contributed by atoms with Gasteiger partial charge in [0, 0.05) is 13.1 Å². The molecular formula is C28H47N3O4. The zero-order chi connectivity index (χ0) is 24.7. The van der Waals surface area contributed by atoms with Gasteiger partial charge in [-0.1, -0.05) is 70.8 Å². The highest BCUT2D eigenvalue weighted by Crippen LogP contribution is 2.33. The number of fused-ring (bicyclic) bond motifs is 1. The minimum Gasteiger partial charge on any atom is -0.486 e. The van der Waals surface area contributed by atoms with Crippen molar-refractivity contribution in [3.8, 4) is 11.5 Å². The molecule has 7 heteroatoms.